The highest BCUT2D eigenvalue weighted by molar-refractivity contribution is 6.11. The van der Waals surface area contributed by atoms with E-state index in [2.05, 4.69) is 0 Å². The van der Waals surface area contributed by atoms with E-state index < -0.39 is 11.6 Å². The van der Waals surface area contributed by atoms with Crippen molar-refractivity contribution in [2.45, 2.75) is 6.92 Å². The lowest BCUT2D eigenvalue weighted by Gasteiger charge is -2.10. The van der Waals surface area contributed by atoms with Gasteiger partial charge in [-0.2, -0.15) is 0 Å². The zero-order valence-electron chi connectivity index (χ0n) is 11.6. The number of methoxy groups -OCH3 is 2. The van der Waals surface area contributed by atoms with Gasteiger partial charge in [0.05, 0.1) is 25.3 Å². The molecule has 0 aromatic heterocycles. The summed E-state index contributed by atoms with van der Waals surface area (Å²) in [5.74, 6) is -0.0775. The molecule has 0 N–H and O–H groups in total. The minimum Gasteiger partial charge on any atom is -0.497 e. The first kappa shape index (κ1) is 14.1. The van der Waals surface area contributed by atoms with E-state index in [-0.39, 0.29) is 11.1 Å². The number of ether oxygens (including phenoxy) is 2. The van der Waals surface area contributed by atoms with Crippen LogP contribution >= 0.6 is 0 Å². The molecule has 2 aromatic rings. The first-order valence-electron chi connectivity index (χ1n) is 6.09. The average Bonchev–Trinajstić information content (AvgIpc) is 2.48. The van der Waals surface area contributed by atoms with Crippen molar-refractivity contribution in [3.8, 4) is 11.5 Å². The van der Waals surface area contributed by atoms with Crippen LogP contribution in [0.5, 0.6) is 11.5 Å². The maximum absolute atomic E-state index is 13.8. The maximum atomic E-state index is 13.8. The molecule has 0 aliphatic carbocycles. The molecule has 2 aromatic carbocycles. The summed E-state index contributed by atoms with van der Waals surface area (Å²) in [6, 6.07) is 9.28. The maximum Gasteiger partial charge on any atom is 0.199 e. The summed E-state index contributed by atoms with van der Waals surface area (Å²) in [6.45, 7) is 1.80. The second-order valence-corrected chi connectivity index (χ2v) is 4.38. The molecule has 0 radical (unpaired) electrons. The molecule has 0 fully saturated rings. The second kappa shape index (κ2) is 5.74. The van der Waals surface area contributed by atoms with Crippen molar-refractivity contribution >= 4 is 5.78 Å². The Bertz CT molecular complexity index is 650. The lowest BCUT2D eigenvalue weighted by Crippen LogP contribution is -2.07. The number of benzene rings is 2. The van der Waals surface area contributed by atoms with Gasteiger partial charge >= 0.3 is 0 Å². The number of carbonyl (C=O) groups excluding carboxylic acids is 1. The summed E-state index contributed by atoms with van der Waals surface area (Å²) in [5.41, 5.74) is 1.12. The summed E-state index contributed by atoms with van der Waals surface area (Å²) in [6.07, 6.45) is 0. The van der Waals surface area contributed by atoms with Crippen LogP contribution in [-0.4, -0.2) is 20.0 Å². The standard InChI is InChI=1S/C16H15FO3/c1-10-4-6-14(17)12(8-10)16(18)13-9-11(19-2)5-7-15(13)20-3/h4-9H,1-3H3. The van der Waals surface area contributed by atoms with Crippen molar-refractivity contribution in [1.82, 2.24) is 0 Å². The Labute approximate surface area is 117 Å². The Morgan fingerprint density at radius 3 is 2.40 bits per heavy atom. The van der Waals surface area contributed by atoms with E-state index in [1.165, 1.54) is 26.4 Å². The van der Waals surface area contributed by atoms with Gasteiger partial charge in [-0.15, -0.1) is 0 Å². The average molecular weight is 274 g/mol. The van der Waals surface area contributed by atoms with Crippen molar-refractivity contribution in [2.24, 2.45) is 0 Å². The van der Waals surface area contributed by atoms with E-state index in [9.17, 15) is 9.18 Å². The molecular formula is C16H15FO3. The van der Waals surface area contributed by atoms with Gasteiger partial charge in [0.25, 0.3) is 0 Å². The fourth-order valence-electron chi connectivity index (χ4n) is 1.95. The zero-order valence-corrected chi connectivity index (χ0v) is 11.6. The van der Waals surface area contributed by atoms with Crippen LogP contribution in [0.4, 0.5) is 4.39 Å². The second-order valence-electron chi connectivity index (χ2n) is 4.38. The molecule has 0 heterocycles. The lowest BCUT2D eigenvalue weighted by atomic mass is 10.00. The predicted octanol–water partition coefficient (Wildman–Crippen LogP) is 3.38. The first-order chi connectivity index (χ1) is 9.56. The molecule has 2 rings (SSSR count). The Morgan fingerprint density at radius 2 is 1.75 bits per heavy atom. The Balaban J connectivity index is 2.54. The molecule has 0 saturated heterocycles. The summed E-state index contributed by atoms with van der Waals surface area (Å²) >= 11 is 0. The van der Waals surface area contributed by atoms with Crippen molar-refractivity contribution in [1.29, 1.82) is 0 Å². The Morgan fingerprint density at radius 1 is 1.00 bits per heavy atom. The van der Waals surface area contributed by atoms with Crippen LogP contribution in [0.15, 0.2) is 36.4 Å². The number of halogens is 1. The molecule has 0 amide bonds. The molecule has 20 heavy (non-hydrogen) atoms. The molecule has 0 spiro atoms. The fourth-order valence-corrected chi connectivity index (χ4v) is 1.95. The highest BCUT2D eigenvalue weighted by Gasteiger charge is 2.19. The van der Waals surface area contributed by atoms with Gasteiger partial charge < -0.3 is 9.47 Å². The Hall–Kier alpha value is -2.36. The minimum atomic E-state index is -0.550. The number of hydrogen-bond acceptors (Lipinski definition) is 3. The van der Waals surface area contributed by atoms with Crippen LogP contribution in [0.25, 0.3) is 0 Å². The fraction of sp³-hybridized carbons (Fsp3) is 0.188. The molecule has 0 unspecified atom stereocenters. The van der Waals surface area contributed by atoms with E-state index in [0.717, 1.165) is 5.56 Å². The third-order valence-corrected chi connectivity index (χ3v) is 3.02. The van der Waals surface area contributed by atoms with Crippen LogP contribution in [-0.2, 0) is 0 Å². The van der Waals surface area contributed by atoms with E-state index in [4.69, 9.17) is 9.47 Å². The van der Waals surface area contributed by atoms with E-state index in [0.29, 0.717) is 11.5 Å². The van der Waals surface area contributed by atoms with Crippen LogP contribution in [0.1, 0.15) is 21.5 Å². The van der Waals surface area contributed by atoms with E-state index in [1.807, 2.05) is 0 Å². The van der Waals surface area contributed by atoms with Gasteiger partial charge in [-0.05, 0) is 37.3 Å². The molecular weight excluding hydrogens is 259 g/mol. The van der Waals surface area contributed by atoms with Crippen LogP contribution in [0.3, 0.4) is 0 Å². The largest absolute Gasteiger partial charge is 0.497 e. The molecule has 104 valence electrons. The molecule has 3 nitrogen and oxygen atoms in total. The van der Waals surface area contributed by atoms with E-state index >= 15 is 0 Å². The van der Waals surface area contributed by atoms with Crippen molar-refractivity contribution < 1.29 is 18.7 Å². The number of ketones is 1. The SMILES string of the molecule is COc1ccc(OC)c(C(=O)c2cc(C)ccc2F)c1. The van der Waals surface area contributed by atoms with Gasteiger partial charge in [-0.1, -0.05) is 11.6 Å². The number of carbonyl (C=O) groups is 1. The summed E-state index contributed by atoms with van der Waals surface area (Å²) < 4.78 is 24.1. The number of hydrogen-bond donors (Lipinski definition) is 0. The van der Waals surface area contributed by atoms with Gasteiger partial charge in [-0.25, -0.2) is 4.39 Å². The normalized spacial score (nSPS) is 10.2. The first-order valence-corrected chi connectivity index (χ1v) is 6.09. The van der Waals surface area contributed by atoms with Crippen LogP contribution < -0.4 is 9.47 Å². The quantitative estimate of drug-likeness (QED) is 0.802. The zero-order chi connectivity index (χ0) is 14.7. The van der Waals surface area contributed by atoms with Gasteiger partial charge in [0, 0.05) is 0 Å². The van der Waals surface area contributed by atoms with Crippen LogP contribution in [0, 0.1) is 12.7 Å². The van der Waals surface area contributed by atoms with Crippen molar-refractivity contribution in [2.75, 3.05) is 14.2 Å². The number of rotatable bonds is 4. The number of aryl methyl sites for hydroxylation is 1. The third-order valence-electron chi connectivity index (χ3n) is 3.02. The highest BCUT2D eigenvalue weighted by atomic mass is 19.1. The molecule has 0 saturated carbocycles. The summed E-state index contributed by atoms with van der Waals surface area (Å²) in [7, 11) is 2.97. The molecule has 0 aliphatic heterocycles. The van der Waals surface area contributed by atoms with Crippen LogP contribution in [0.2, 0.25) is 0 Å². The molecule has 0 atom stereocenters. The van der Waals surface area contributed by atoms with Gasteiger partial charge in [0.1, 0.15) is 17.3 Å². The van der Waals surface area contributed by atoms with Gasteiger partial charge in [0.2, 0.25) is 0 Å². The molecule has 0 bridgehead atoms. The predicted molar refractivity (Wildman–Crippen MR) is 74.1 cm³/mol. The van der Waals surface area contributed by atoms with E-state index in [1.54, 1.807) is 31.2 Å². The molecule has 4 heteroatoms. The van der Waals surface area contributed by atoms with Crippen molar-refractivity contribution in [3.05, 3.63) is 58.9 Å². The monoisotopic (exact) mass is 274 g/mol. The van der Waals surface area contributed by atoms with Gasteiger partial charge in [0.15, 0.2) is 5.78 Å². The Kier molecular flexibility index (Phi) is 4.03. The van der Waals surface area contributed by atoms with Gasteiger partial charge in [-0.3, -0.25) is 4.79 Å². The smallest absolute Gasteiger partial charge is 0.199 e. The minimum absolute atomic E-state index is 0.0246. The lowest BCUT2D eigenvalue weighted by molar-refractivity contribution is 0.103. The summed E-state index contributed by atoms with van der Waals surface area (Å²) in [4.78, 5) is 12.5. The van der Waals surface area contributed by atoms with Crippen molar-refractivity contribution in [3.63, 3.8) is 0 Å². The third kappa shape index (κ3) is 2.64. The summed E-state index contributed by atoms with van der Waals surface area (Å²) in [5, 5.41) is 0. The molecule has 0 aliphatic rings. The highest BCUT2D eigenvalue weighted by Crippen LogP contribution is 2.27. The topological polar surface area (TPSA) is 35.5 Å².